The van der Waals surface area contributed by atoms with Crippen molar-refractivity contribution in [2.24, 2.45) is 0 Å². The molecule has 0 bridgehead atoms. The van der Waals surface area contributed by atoms with Crippen LogP contribution in [0.4, 0.5) is 5.69 Å². The third kappa shape index (κ3) is 2.58. The summed E-state index contributed by atoms with van der Waals surface area (Å²) in [6, 6.07) is 13.7. The molecule has 1 saturated heterocycles. The number of ketones is 1. The molecule has 1 aliphatic rings. The molecule has 110 valence electrons. The number of nitro benzene ring substituents is 1. The van der Waals surface area contributed by atoms with Crippen LogP contribution in [0.3, 0.4) is 0 Å². The van der Waals surface area contributed by atoms with Crippen molar-refractivity contribution in [3.63, 3.8) is 0 Å². The largest absolute Gasteiger partial charge is 0.324 e. The van der Waals surface area contributed by atoms with E-state index in [1.165, 1.54) is 29.2 Å². The maximum absolute atomic E-state index is 12.2. The predicted octanol–water partition coefficient (Wildman–Crippen LogP) is 2.30. The Labute approximate surface area is 126 Å². The van der Waals surface area contributed by atoms with E-state index in [1.54, 1.807) is 24.3 Å². The van der Waals surface area contributed by atoms with Gasteiger partial charge >= 0.3 is 0 Å². The zero-order chi connectivity index (χ0) is 15.7. The van der Waals surface area contributed by atoms with E-state index in [0.717, 1.165) is 0 Å². The second-order valence-electron chi connectivity index (χ2n) is 5.01. The molecule has 3 rings (SSSR count). The standard InChI is InChI=1S/C16H12N2O4/c19-15(11-4-2-1-3-5-11)14-10-17(14)16(20)12-6-8-13(9-7-12)18(21)22/h1-9,14H,10H2. The number of Topliss-reactive ketones (excluding diaryl/α,β-unsaturated/α-hetero) is 1. The molecule has 6 nitrogen and oxygen atoms in total. The average molecular weight is 296 g/mol. The average Bonchev–Trinajstić information content (AvgIpc) is 3.35. The molecule has 1 atom stereocenters. The van der Waals surface area contributed by atoms with Gasteiger partial charge in [0.05, 0.1) is 4.92 Å². The predicted molar refractivity (Wildman–Crippen MR) is 78.7 cm³/mol. The van der Waals surface area contributed by atoms with Crippen molar-refractivity contribution < 1.29 is 14.5 Å². The van der Waals surface area contributed by atoms with Crippen LogP contribution in [0.25, 0.3) is 0 Å². The first kappa shape index (κ1) is 13.9. The number of carbonyl (C=O) groups is 2. The minimum absolute atomic E-state index is 0.0701. The number of non-ortho nitro benzene ring substituents is 1. The third-order valence-corrected chi connectivity index (χ3v) is 3.56. The van der Waals surface area contributed by atoms with Crippen LogP contribution in [0.15, 0.2) is 54.6 Å². The van der Waals surface area contributed by atoms with Crippen LogP contribution in [0.5, 0.6) is 0 Å². The molecular weight excluding hydrogens is 284 g/mol. The van der Waals surface area contributed by atoms with Gasteiger partial charge in [0.1, 0.15) is 6.04 Å². The Kier molecular flexibility index (Phi) is 3.42. The van der Waals surface area contributed by atoms with Crippen molar-refractivity contribution in [3.05, 3.63) is 75.8 Å². The lowest BCUT2D eigenvalue weighted by Crippen LogP contribution is -2.19. The number of hydrogen-bond donors (Lipinski definition) is 0. The molecular formula is C16H12N2O4. The summed E-state index contributed by atoms with van der Waals surface area (Å²) < 4.78 is 0. The van der Waals surface area contributed by atoms with Gasteiger partial charge in [0.15, 0.2) is 5.78 Å². The minimum atomic E-state index is -0.520. The molecule has 2 aromatic rings. The van der Waals surface area contributed by atoms with Gasteiger partial charge in [-0.3, -0.25) is 19.7 Å². The highest BCUT2D eigenvalue weighted by Gasteiger charge is 2.44. The lowest BCUT2D eigenvalue weighted by molar-refractivity contribution is -0.384. The van der Waals surface area contributed by atoms with Gasteiger partial charge < -0.3 is 4.90 Å². The van der Waals surface area contributed by atoms with Crippen LogP contribution in [0, 0.1) is 10.1 Å². The number of hydrogen-bond acceptors (Lipinski definition) is 4. The molecule has 0 spiro atoms. The molecule has 1 amide bonds. The number of carbonyl (C=O) groups excluding carboxylic acids is 2. The van der Waals surface area contributed by atoms with Gasteiger partial charge in [-0.2, -0.15) is 0 Å². The summed E-state index contributed by atoms with van der Waals surface area (Å²) in [6.07, 6.45) is 0. The molecule has 1 aliphatic heterocycles. The molecule has 0 aliphatic carbocycles. The quantitative estimate of drug-likeness (QED) is 0.375. The molecule has 1 unspecified atom stereocenters. The zero-order valence-electron chi connectivity index (χ0n) is 11.5. The van der Waals surface area contributed by atoms with Crippen LogP contribution in [0.2, 0.25) is 0 Å². The molecule has 1 heterocycles. The van der Waals surface area contributed by atoms with Crippen molar-refractivity contribution in [1.29, 1.82) is 0 Å². The fraction of sp³-hybridized carbons (Fsp3) is 0.125. The smallest absolute Gasteiger partial charge is 0.269 e. The van der Waals surface area contributed by atoms with E-state index in [0.29, 0.717) is 17.7 Å². The highest BCUT2D eigenvalue weighted by atomic mass is 16.6. The van der Waals surface area contributed by atoms with E-state index < -0.39 is 11.0 Å². The summed E-state index contributed by atoms with van der Waals surface area (Å²) in [7, 11) is 0. The van der Waals surface area contributed by atoms with E-state index in [2.05, 4.69) is 0 Å². The summed E-state index contributed by atoms with van der Waals surface area (Å²) in [6.45, 7) is 0.379. The molecule has 2 aromatic carbocycles. The topological polar surface area (TPSA) is 80.3 Å². The highest BCUT2D eigenvalue weighted by Crippen LogP contribution is 2.25. The Balaban J connectivity index is 1.70. The summed E-state index contributed by atoms with van der Waals surface area (Å²) in [5.41, 5.74) is 0.847. The van der Waals surface area contributed by atoms with E-state index in [4.69, 9.17) is 0 Å². The number of nitro groups is 1. The first-order chi connectivity index (χ1) is 10.6. The molecule has 0 aromatic heterocycles. The summed E-state index contributed by atoms with van der Waals surface area (Å²) in [5, 5.41) is 10.6. The lowest BCUT2D eigenvalue weighted by Gasteiger charge is -2.04. The van der Waals surface area contributed by atoms with Crippen molar-refractivity contribution in [3.8, 4) is 0 Å². The molecule has 0 N–H and O–H groups in total. The van der Waals surface area contributed by atoms with Crippen LogP contribution < -0.4 is 0 Å². The number of amides is 1. The second kappa shape index (κ2) is 5.40. The Morgan fingerprint density at radius 1 is 1.00 bits per heavy atom. The van der Waals surface area contributed by atoms with E-state index >= 15 is 0 Å². The zero-order valence-corrected chi connectivity index (χ0v) is 11.5. The van der Waals surface area contributed by atoms with Crippen LogP contribution in [-0.2, 0) is 0 Å². The number of rotatable bonds is 4. The van der Waals surface area contributed by atoms with Gasteiger partial charge in [0, 0.05) is 29.8 Å². The Hall–Kier alpha value is -3.02. The molecule has 22 heavy (non-hydrogen) atoms. The summed E-state index contributed by atoms with van der Waals surface area (Å²) in [5.74, 6) is -0.375. The molecule has 0 radical (unpaired) electrons. The van der Waals surface area contributed by atoms with Gasteiger partial charge in [-0.15, -0.1) is 0 Å². The van der Waals surface area contributed by atoms with E-state index in [1.807, 2.05) is 6.07 Å². The van der Waals surface area contributed by atoms with Gasteiger partial charge in [-0.1, -0.05) is 30.3 Å². The van der Waals surface area contributed by atoms with Crippen LogP contribution in [-0.4, -0.2) is 34.1 Å². The highest BCUT2D eigenvalue weighted by molar-refractivity contribution is 6.07. The van der Waals surface area contributed by atoms with Gasteiger partial charge in [0.25, 0.3) is 11.6 Å². The SMILES string of the molecule is O=C(c1ccccc1)C1CN1C(=O)c1ccc([N+](=O)[O-])cc1. The van der Waals surface area contributed by atoms with Gasteiger partial charge in [-0.05, 0) is 12.1 Å². The van der Waals surface area contributed by atoms with Crippen molar-refractivity contribution in [2.75, 3.05) is 6.54 Å². The van der Waals surface area contributed by atoms with E-state index in [9.17, 15) is 19.7 Å². The molecule has 1 fully saturated rings. The van der Waals surface area contributed by atoms with E-state index in [-0.39, 0.29) is 17.4 Å². The number of benzene rings is 2. The molecule has 0 saturated carbocycles. The Morgan fingerprint density at radius 2 is 1.64 bits per heavy atom. The first-order valence-electron chi connectivity index (χ1n) is 6.72. The Morgan fingerprint density at radius 3 is 2.23 bits per heavy atom. The fourth-order valence-electron chi connectivity index (χ4n) is 2.27. The Bertz CT molecular complexity index is 741. The van der Waals surface area contributed by atoms with Crippen molar-refractivity contribution in [1.82, 2.24) is 4.90 Å². The summed E-state index contributed by atoms with van der Waals surface area (Å²) >= 11 is 0. The maximum atomic E-state index is 12.2. The minimum Gasteiger partial charge on any atom is -0.324 e. The maximum Gasteiger partial charge on any atom is 0.269 e. The van der Waals surface area contributed by atoms with Crippen molar-refractivity contribution in [2.45, 2.75) is 6.04 Å². The lowest BCUT2D eigenvalue weighted by atomic mass is 10.1. The second-order valence-corrected chi connectivity index (χ2v) is 5.01. The first-order valence-corrected chi connectivity index (χ1v) is 6.72. The number of nitrogens with zero attached hydrogens (tertiary/aromatic N) is 2. The van der Waals surface area contributed by atoms with Crippen LogP contribution in [0.1, 0.15) is 20.7 Å². The van der Waals surface area contributed by atoms with Gasteiger partial charge in [-0.25, -0.2) is 0 Å². The van der Waals surface area contributed by atoms with Crippen molar-refractivity contribution >= 4 is 17.4 Å². The summed E-state index contributed by atoms with van der Waals surface area (Å²) in [4.78, 5) is 36.0. The fourth-order valence-corrected chi connectivity index (χ4v) is 2.27. The molecule has 6 heteroatoms. The van der Waals surface area contributed by atoms with Gasteiger partial charge in [0.2, 0.25) is 0 Å². The third-order valence-electron chi connectivity index (χ3n) is 3.56. The monoisotopic (exact) mass is 296 g/mol. The van der Waals surface area contributed by atoms with Crippen LogP contribution >= 0.6 is 0 Å². The normalized spacial score (nSPS) is 16.2.